The van der Waals surface area contributed by atoms with Crippen LogP contribution in [0.3, 0.4) is 0 Å². The van der Waals surface area contributed by atoms with Crippen molar-refractivity contribution in [2.75, 3.05) is 0 Å². The predicted molar refractivity (Wildman–Crippen MR) is 67.0 cm³/mol. The van der Waals surface area contributed by atoms with Gasteiger partial charge in [0.1, 0.15) is 0 Å². The second-order valence-electron chi connectivity index (χ2n) is 3.60. The van der Waals surface area contributed by atoms with E-state index in [4.69, 9.17) is 0 Å². The monoisotopic (exact) mass is 227 g/mol. The van der Waals surface area contributed by atoms with Gasteiger partial charge in [-0.2, -0.15) is 0 Å². The van der Waals surface area contributed by atoms with Crippen LogP contribution in [0.2, 0.25) is 0 Å². The van der Waals surface area contributed by atoms with E-state index in [1.807, 2.05) is 24.4 Å². The molecule has 1 aromatic carbocycles. The summed E-state index contributed by atoms with van der Waals surface area (Å²) >= 11 is 1.52. The molecule has 78 valence electrons. The van der Waals surface area contributed by atoms with E-state index in [1.54, 1.807) is 0 Å². The number of thiophene rings is 1. The molecule has 0 saturated carbocycles. The van der Waals surface area contributed by atoms with Crippen LogP contribution in [0.15, 0.2) is 42.6 Å². The summed E-state index contributed by atoms with van der Waals surface area (Å²) in [7, 11) is 0. The lowest BCUT2D eigenvalue weighted by molar-refractivity contribution is 0.112. The molecular weight excluding hydrogens is 218 g/mol. The van der Waals surface area contributed by atoms with Crippen molar-refractivity contribution < 1.29 is 4.79 Å². The number of hydrogen-bond donors (Lipinski definition) is 1. The first kappa shape index (κ1) is 9.36. The lowest BCUT2D eigenvalue weighted by Gasteiger charge is -1.97. The number of nitrogens with one attached hydrogen (secondary N) is 1. The van der Waals surface area contributed by atoms with Crippen LogP contribution in [0.1, 0.15) is 9.67 Å². The fourth-order valence-electron chi connectivity index (χ4n) is 1.78. The van der Waals surface area contributed by atoms with Crippen molar-refractivity contribution >= 4 is 28.5 Å². The molecule has 3 rings (SSSR count). The summed E-state index contributed by atoms with van der Waals surface area (Å²) in [5.41, 5.74) is 2.29. The van der Waals surface area contributed by atoms with Crippen LogP contribution in [-0.2, 0) is 0 Å². The van der Waals surface area contributed by atoms with Crippen molar-refractivity contribution in [2.24, 2.45) is 0 Å². The van der Waals surface area contributed by atoms with Crippen molar-refractivity contribution in [2.45, 2.75) is 0 Å². The maximum atomic E-state index is 10.6. The number of fused-ring (bicyclic) bond motifs is 1. The molecule has 0 aliphatic heterocycles. The molecule has 0 saturated heterocycles. The molecule has 3 heteroatoms. The van der Waals surface area contributed by atoms with Crippen molar-refractivity contribution in [3.63, 3.8) is 0 Å². The number of carbonyl (C=O) groups excluding carboxylic acids is 1. The summed E-state index contributed by atoms with van der Waals surface area (Å²) in [4.78, 5) is 15.7. The standard InChI is InChI=1S/C13H9NOS/c15-8-11-2-4-13(16-11)10-1-3-12-9(7-10)5-6-14-12/h1-8,14H. The Balaban J connectivity index is 2.13. The number of carbonyl (C=O) groups is 1. The summed E-state index contributed by atoms with van der Waals surface area (Å²) in [6.45, 7) is 0. The molecule has 2 aromatic heterocycles. The number of rotatable bonds is 2. The molecule has 0 atom stereocenters. The predicted octanol–water partition coefficient (Wildman–Crippen LogP) is 3.71. The average Bonchev–Trinajstić information content (AvgIpc) is 2.96. The molecule has 3 aromatic rings. The largest absolute Gasteiger partial charge is 0.361 e. The SMILES string of the molecule is O=Cc1ccc(-c2ccc3[nH]ccc3c2)s1. The minimum Gasteiger partial charge on any atom is -0.361 e. The molecule has 1 N–H and O–H groups in total. The smallest absolute Gasteiger partial charge is 0.160 e. The number of benzene rings is 1. The molecule has 0 unspecified atom stereocenters. The quantitative estimate of drug-likeness (QED) is 0.665. The lowest BCUT2D eigenvalue weighted by atomic mass is 10.1. The maximum absolute atomic E-state index is 10.6. The third kappa shape index (κ3) is 1.46. The number of H-pyrrole nitrogens is 1. The second kappa shape index (κ2) is 3.61. The third-order valence-corrected chi connectivity index (χ3v) is 3.64. The topological polar surface area (TPSA) is 32.9 Å². The number of hydrogen-bond acceptors (Lipinski definition) is 2. The van der Waals surface area contributed by atoms with E-state index in [9.17, 15) is 4.79 Å². The summed E-state index contributed by atoms with van der Waals surface area (Å²) in [5.74, 6) is 0. The first-order valence-electron chi connectivity index (χ1n) is 4.99. The average molecular weight is 227 g/mol. The Hall–Kier alpha value is -1.87. The van der Waals surface area contributed by atoms with E-state index in [0.29, 0.717) is 0 Å². The highest BCUT2D eigenvalue weighted by molar-refractivity contribution is 7.17. The molecule has 0 aliphatic carbocycles. The number of aldehydes is 1. The summed E-state index contributed by atoms with van der Waals surface area (Å²) in [5, 5.41) is 1.19. The molecule has 2 heterocycles. The van der Waals surface area contributed by atoms with Crippen LogP contribution in [0, 0.1) is 0 Å². The highest BCUT2D eigenvalue weighted by Crippen LogP contribution is 2.29. The minimum absolute atomic E-state index is 0.768. The summed E-state index contributed by atoms with van der Waals surface area (Å²) < 4.78 is 0. The van der Waals surface area contributed by atoms with Crippen LogP contribution in [0.25, 0.3) is 21.3 Å². The molecule has 16 heavy (non-hydrogen) atoms. The molecule has 0 bridgehead atoms. The second-order valence-corrected chi connectivity index (χ2v) is 4.71. The van der Waals surface area contributed by atoms with Gasteiger partial charge in [-0.3, -0.25) is 4.79 Å². The fourth-order valence-corrected chi connectivity index (χ4v) is 2.60. The zero-order valence-corrected chi connectivity index (χ0v) is 9.25. The Bertz CT molecular complexity index is 651. The summed E-state index contributed by atoms with van der Waals surface area (Å²) in [6, 6.07) is 12.2. The van der Waals surface area contributed by atoms with E-state index in [0.717, 1.165) is 27.1 Å². The van der Waals surface area contributed by atoms with Gasteiger partial charge in [0.25, 0.3) is 0 Å². The first-order chi connectivity index (χ1) is 7.86. The van der Waals surface area contributed by atoms with Crippen molar-refractivity contribution in [3.8, 4) is 10.4 Å². The van der Waals surface area contributed by atoms with Crippen LogP contribution in [0.4, 0.5) is 0 Å². The van der Waals surface area contributed by atoms with Gasteiger partial charge in [0, 0.05) is 16.6 Å². The fraction of sp³-hybridized carbons (Fsp3) is 0. The van der Waals surface area contributed by atoms with E-state index in [2.05, 4.69) is 23.2 Å². The maximum Gasteiger partial charge on any atom is 0.160 e. The Morgan fingerprint density at radius 1 is 1.12 bits per heavy atom. The zero-order chi connectivity index (χ0) is 11.0. The van der Waals surface area contributed by atoms with Gasteiger partial charge < -0.3 is 4.98 Å². The van der Waals surface area contributed by atoms with Crippen LogP contribution >= 0.6 is 11.3 Å². The van der Waals surface area contributed by atoms with Gasteiger partial charge in [-0.25, -0.2) is 0 Å². The van der Waals surface area contributed by atoms with E-state index in [1.165, 1.54) is 16.7 Å². The van der Waals surface area contributed by atoms with E-state index >= 15 is 0 Å². The minimum atomic E-state index is 0.768. The summed E-state index contributed by atoms with van der Waals surface area (Å²) in [6.07, 6.45) is 2.82. The van der Waals surface area contributed by atoms with Gasteiger partial charge >= 0.3 is 0 Å². The molecular formula is C13H9NOS. The highest BCUT2D eigenvalue weighted by Gasteiger charge is 2.03. The lowest BCUT2D eigenvalue weighted by Crippen LogP contribution is -1.72. The van der Waals surface area contributed by atoms with Crippen molar-refractivity contribution in [1.82, 2.24) is 4.98 Å². The molecule has 0 radical (unpaired) electrons. The Kier molecular flexibility index (Phi) is 2.11. The molecule has 0 amide bonds. The highest BCUT2D eigenvalue weighted by atomic mass is 32.1. The van der Waals surface area contributed by atoms with Gasteiger partial charge in [0.15, 0.2) is 6.29 Å². The van der Waals surface area contributed by atoms with Crippen LogP contribution in [0.5, 0.6) is 0 Å². The van der Waals surface area contributed by atoms with Crippen molar-refractivity contribution in [3.05, 3.63) is 47.5 Å². The molecule has 0 aliphatic rings. The van der Waals surface area contributed by atoms with Gasteiger partial charge in [-0.05, 0) is 41.3 Å². The van der Waals surface area contributed by atoms with E-state index < -0.39 is 0 Å². The van der Waals surface area contributed by atoms with E-state index in [-0.39, 0.29) is 0 Å². The third-order valence-electron chi connectivity index (χ3n) is 2.58. The van der Waals surface area contributed by atoms with Gasteiger partial charge in [0.05, 0.1) is 4.88 Å². The van der Waals surface area contributed by atoms with Gasteiger partial charge in [-0.1, -0.05) is 6.07 Å². The van der Waals surface area contributed by atoms with Gasteiger partial charge in [0.2, 0.25) is 0 Å². The molecule has 2 nitrogen and oxygen atoms in total. The molecule has 0 fully saturated rings. The van der Waals surface area contributed by atoms with Crippen LogP contribution < -0.4 is 0 Å². The first-order valence-corrected chi connectivity index (χ1v) is 5.81. The van der Waals surface area contributed by atoms with Gasteiger partial charge in [-0.15, -0.1) is 11.3 Å². The number of aromatic amines is 1. The van der Waals surface area contributed by atoms with Crippen LogP contribution in [-0.4, -0.2) is 11.3 Å². The molecule has 0 spiro atoms. The zero-order valence-electron chi connectivity index (χ0n) is 8.44. The van der Waals surface area contributed by atoms with Crippen molar-refractivity contribution in [1.29, 1.82) is 0 Å². The Labute approximate surface area is 96.5 Å². The normalized spacial score (nSPS) is 10.8. The Morgan fingerprint density at radius 3 is 2.88 bits per heavy atom. The Morgan fingerprint density at radius 2 is 2.06 bits per heavy atom. The number of aromatic nitrogens is 1.